The van der Waals surface area contributed by atoms with Crippen LogP contribution in [0.3, 0.4) is 0 Å². The molecule has 0 bridgehead atoms. The third kappa shape index (κ3) is 5.69. The number of methoxy groups -OCH3 is 1. The molecule has 0 amide bonds. The maximum Gasteiger partial charge on any atom is 0.337 e. The van der Waals surface area contributed by atoms with Crippen molar-refractivity contribution in [3.05, 3.63) is 35.4 Å². The first-order valence-corrected chi connectivity index (χ1v) is 6.82. The third-order valence-corrected chi connectivity index (χ3v) is 2.72. The SMILES string of the molecule is CCOC(CNCc1ccc(C(=O)OC)cc1)OCC. The molecule has 1 N–H and O–H groups in total. The number of esters is 1. The summed E-state index contributed by atoms with van der Waals surface area (Å²) in [6, 6.07) is 7.31. The molecule has 0 aliphatic heterocycles. The van der Waals surface area contributed by atoms with Crippen LogP contribution in [0.5, 0.6) is 0 Å². The van der Waals surface area contributed by atoms with Gasteiger partial charge in [0.2, 0.25) is 0 Å². The number of carbonyl (C=O) groups excluding carboxylic acids is 1. The highest BCUT2D eigenvalue weighted by Crippen LogP contribution is 2.05. The van der Waals surface area contributed by atoms with E-state index >= 15 is 0 Å². The highest BCUT2D eigenvalue weighted by molar-refractivity contribution is 5.89. The molecule has 0 atom stereocenters. The molecule has 112 valence electrons. The van der Waals surface area contributed by atoms with Crippen molar-refractivity contribution in [1.29, 1.82) is 0 Å². The van der Waals surface area contributed by atoms with Gasteiger partial charge >= 0.3 is 5.97 Å². The highest BCUT2D eigenvalue weighted by Gasteiger charge is 2.07. The molecular formula is C15H23NO4. The Hall–Kier alpha value is -1.43. The summed E-state index contributed by atoms with van der Waals surface area (Å²) >= 11 is 0. The van der Waals surface area contributed by atoms with Crippen LogP contribution < -0.4 is 5.32 Å². The number of nitrogens with one attached hydrogen (secondary N) is 1. The summed E-state index contributed by atoms with van der Waals surface area (Å²) in [5.41, 5.74) is 1.64. The van der Waals surface area contributed by atoms with E-state index in [9.17, 15) is 4.79 Å². The Kier molecular flexibility index (Phi) is 7.87. The van der Waals surface area contributed by atoms with Crippen molar-refractivity contribution in [1.82, 2.24) is 5.32 Å². The molecule has 0 radical (unpaired) electrons. The molecule has 0 spiro atoms. The van der Waals surface area contributed by atoms with Gasteiger partial charge in [0.15, 0.2) is 6.29 Å². The molecular weight excluding hydrogens is 258 g/mol. The summed E-state index contributed by atoms with van der Waals surface area (Å²) in [4.78, 5) is 11.3. The zero-order chi connectivity index (χ0) is 14.8. The summed E-state index contributed by atoms with van der Waals surface area (Å²) < 4.78 is 15.5. The van der Waals surface area contributed by atoms with Crippen molar-refractivity contribution >= 4 is 5.97 Å². The number of benzene rings is 1. The van der Waals surface area contributed by atoms with Crippen molar-refractivity contribution in [3.63, 3.8) is 0 Å². The minimum atomic E-state index is -0.322. The van der Waals surface area contributed by atoms with Crippen molar-refractivity contribution in [2.24, 2.45) is 0 Å². The summed E-state index contributed by atoms with van der Waals surface area (Å²) in [5, 5.41) is 3.27. The van der Waals surface area contributed by atoms with Crippen molar-refractivity contribution in [2.45, 2.75) is 26.7 Å². The normalized spacial score (nSPS) is 10.8. The average molecular weight is 281 g/mol. The molecule has 0 aromatic heterocycles. The molecule has 1 aromatic carbocycles. The van der Waals surface area contributed by atoms with Gasteiger partial charge < -0.3 is 19.5 Å². The van der Waals surface area contributed by atoms with Gasteiger partial charge in [0.1, 0.15) is 0 Å². The number of ether oxygens (including phenoxy) is 3. The lowest BCUT2D eigenvalue weighted by atomic mass is 10.1. The van der Waals surface area contributed by atoms with E-state index in [-0.39, 0.29) is 12.3 Å². The Morgan fingerprint density at radius 1 is 1.15 bits per heavy atom. The Bertz CT molecular complexity index is 385. The maximum atomic E-state index is 11.3. The Morgan fingerprint density at radius 2 is 1.75 bits per heavy atom. The van der Waals surface area contributed by atoms with Crippen molar-refractivity contribution in [3.8, 4) is 0 Å². The second-order valence-electron chi connectivity index (χ2n) is 4.16. The fraction of sp³-hybridized carbons (Fsp3) is 0.533. The summed E-state index contributed by atoms with van der Waals surface area (Å²) in [6.07, 6.45) is -0.223. The van der Waals surface area contributed by atoms with Crippen LogP contribution in [0.25, 0.3) is 0 Å². The van der Waals surface area contributed by atoms with Gasteiger partial charge in [0.25, 0.3) is 0 Å². The van der Waals surface area contributed by atoms with E-state index < -0.39 is 0 Å². The Morgan fingerprint density at radius 3 is 2.25 bits per heavy atom. The van der Waals surface area contributed by atoms with Crippen LogP contribution >= 0.6 is 0 Å². The third-order valence-electron chi connectivity index (χ3n) is 2.72. The van der Waals surface area contributed by atoms with Crippen LogP contribution in [0.4, 0.5) is 0 Å². The van der Waals surface area contributed by atoms with Gasteiger partial charge in [-0.3, -0.25) is 0 Å². The Labute approximate surface area is 120 Å². The molecule has 0 saturated heterocycles. The second-order valence-corrected chi connectivity index (χ2v) is 4.16. The number of hydrogen-bond donors (Lipinski definition) is 1. The molecule has 1 rings (SSSR count). The van der Waals surface area contributed by atoms with Gasteiger partial charge in [0.05, 0.1) is 12.7 Å². The topological polar surface area (TPSA) is 56.8 Å². The maximum absolute atomic E-state index is 11.3. The second kappa shape index (κ2) is 9.47. The van der Waals surface area contributed by atoms with Crippen LogP contribution in [-0.4, -0.2) is 39.1 Å². The molecule has 5 nitrogen and oxygen atoms in total. The fourth-order valence-electron chi connectivity index (χ4n) is 1.75. The van der Waals surface area contributed by atoms with E-state index in [0.717, 1.165) is 5.56 Å². The quantitative estimate of drug-likeness (QED) is 0.554. The summed E-state index contributed by atoms with van der Waals surface area (Å²) in [7, 11) is 1.37. The lowest BCUT2D eigenvalue weighted by Crippen LogP contribution is -2.31. The molecule has 0 aliphatic rings. The first kappa shape index (κ1) is 16.6. The van der Waals surface area contributed by atoms with E-state index in [0.29, 0.717) is 31.9 Å². The van der Waals surface area contributed by atoms with Crippen LogP contribution in [0.2, 0.25) is 0 Å². The zero-order valence-corrected chi connectivity index (χ0v) is 12.3. The van der Waals surface area contributed by atoms with E-state index in [4.69, 9.17) is 9.47 Å². The van der Waals surface area contributed by atoms with E-state index in [1.54, 1.807) is 12.1 Å². The van der Waals surface area contributed by atoms with Crippen molar-refractivity contribution in [2.75, 3.05) is 26.9 Å². The van der Waals surface area contributed by atoms with Crippen LogP contribution in [0.1, 0.15) is 29.8 Å². The molecule has 20 heavy (non-hydrogen) atoms. The van der Waals surface area contributed by atoms with Crippen LogP contribution in [0.15, 0.2) is 24.3 Å². The van der Waals surface area contributed by atoms with Gasteiger partial charge in [-0.25, -0.2) is 4.79 Å². The lowest BCUT2D eigenvalue weighted by Gasteiger charge is -2.17. The predicted molar refractivity (Wildman–Crippen MR) is 76.5 cm³/mol. The minimum absolute atomic E-state index is 0.223. The Balaban J connectivity index is 2.39. The standard InChI is InChI=1S/C15H23NO4/c1-4-19-14(20-5-2)11-16-10-12-6-8-13(9-7-12)15(17)18-3/h6-9,14,16H,4-5,10-11H2,1-3H3. The minimum Gasteiger partial charge on any atom is -0.465 e. The lowest BCUT2D eigenvalue weighted by molar-refractivity contribution is -0.133. The van der Waals surface area contributed by atoms with Crippen molar-refractivity contribution < 1.29 is 19.0 Å². The number of rotatable bonds is 9. The van der Waals surface area contributed by atoms with E-state index in [1.807, 2.05) is 26.0 Å². The van der Waals surface area contributed by atoms with Gasteiger partial charge in [-0.15, -0.1) is 0 Å². The molecule has 0 unspecified atom stereocenters. The summed E-state index contributed by atoms with van der Waals surface area (Å²) in [6.45, 7) is 6.45. The highest BCUT2D eigenvalue weighted by atomic mass is 16.7. The van der Waals surface area contributed by atoms with Gasteiger partial charge in [-0.05, 0) is 31.5 Å². The molecule has 0 saturated carbocycles. The van der Waals surface area contributed by atoms with E-state index in [1.165, 1.54) is 7.11 Å². The average Bonchev–Trinajstić information content (AvgIpc) is 2.47. The zero-order valence-electron chi connectivity index (χ0n) is 12.3. The van der Waals surface area contributed by atoms with Gasteiger partial charge in [-0.1, -0.05) is 12.1 Å². The molecule has 5 heteroatoms. The van der Waals surface area contributed by atoms with Crippen LogP contribution in [-0.2, 0) is 20.8 Å². The monoisotopic (exact) mass is 281 g/mol. The molecule has 0 fully saturated rings. The fourth-order valence-corrected chi connectivity index (χ4v) is 1.75. The largest absolute Gasteiger partial charge is 0.465 e. The molecule has 0 heterocycles. The molecule has 0 aliphatic carbocycles. The number of hydrogen-bond acceptors (Lipinski definition) is 5. The smallest absolute Gasteiger partial charge is 0.337 e. The van der Waals surface area contributed by atoms with Crippen LogP contribution in [0, 0.1) is 0 Å². The molecule has 1 aromatic rings. The van der Waals surface area contributed by atoms with Gasteiger partial charge in [0, 0.05) is 26.3 Å². The van der Waals surface area contributed by atoms with E-state index in [2.05, 4.69) is 10.1 Å². The first-order valence-electron chi connectivity index (χ1n) is 6.82. The predicted octanol–water partition coefficient (Wildman–Crippen LogP) is 1.96. The first-order chi connectivity index (χ1) is 9.71. The van der Waals surface area contributed by atoms with Gasteiger partial charge in [-0.2, -0.15) is 0 Å². The summed E-state index contributed by atoms with van der Waals surface area (Å²) in [5.74, 6) is -0.322. The number of carbonyl (C=O) groups is 1.